The van der Waals surface area contributed by atoms with Crippen LogP contribution >= 0.6 is 11.3 Å². The lowest BCUT2D eigenvalue weighted by Gasteiger charge is -2.14. The maximum Gasteiger partial charge on any atom is 0.222 e. The molecule has 24 heavy (non-hydrogen) atoms. The van der Waals surface area contributed by atoms with Gasteiger partial charge in [0.2, 0.25) is 5.88 Å². The molecule has 0 spiro atoms. The molecule has 1 aliphatic carbocycles. The number of pyridine rings is 1. The van der Waals surface area contributed by atoms with E-state index in [-0.39, 0.29) is 0 Å². The first kappa shape index (κ1) is 15.4. The van der Waals surface area contributed by atoms with Crippen LogP contribution in [-0.2, 0) is 0 Å². The van der Waals surface area contributed by atoms with Crippen LogP contribution in [0.2, 0.25) is 0 Å². The van der Waals surface area contributed by atoms with Crippen molar-refractivity contribution in [1.82, 2.24) is 15.3 Å². The van der Waals surface area contributed by atoms with Crippen LogP contribution in [0, 0.1) is 5.41 Å². The van der Waals surface area contributed by atoms with E-state index in [1.54, 1.807) is 17.5 Å². The molecule has 2 aromatic heterocycles. The minimum atomic E-state index is 0.328. The van der Waals surface area contributed by atoms with Gasteiger partial charge in [0.1, 0.15) is 0 Å². The third-order valence-electron chi connectivity index (χ3n) is 4.33. The summed E-state index contributed by atoms with van der Waals surface area (Å²) < 4.78 is 5.97. The van der Waals surface area contributed by atoms with Crippen molar-refractivity contribution in [1.29, 1.82) is 0 Å². The minimum Gasteiger partial charge on any atom is -0.477 e. The maximum atomic E-state index is 5.97. The van der Waals surface area contributed by atoms with Gasteiger partial charge in [0.05, 0.1) is 17.9 Å². The van der Waals surface area contributed by atoms with E-state index in [1.165, 1.54) is 12.8 Å². The first-order chi connectivity index (χ1) is 11.7. The Morgan fingerprint density at radius 1 is 1.42 bits per heavy atom. The summed E-state index contributed by atoms with van der Waals surface area (Å²) in [6.07, 6.45) is 5.30. The van der Waals surface area contributed by atoms with E-state index >= 15 is 0 Å². The van der Waals surface area contributed by atoms with Crippen molar-refractivity contribution in [2.24, 2.45) is 10.4 Å². The number of thiazole rings is 1. The summed E-state index contributed by atoms with van der Waals surface area (Å²) in [6.45, 7) is 4.77. The number of anilines is 1. The molecule has 0 radical (unpaired) electrons. The third-order valence-corrected chi connectivity index (χ3v) is 5.09. The molecule has 0 aromatic carbocycles. The predicted molar refractivity (Wildman–Crippen MR) is 96.7 cm³/mol. The van der Waals surface area contributed by atoms with Gasteiger partial charge in [0.15, 0.2) is 11.1 Å². The lowest BCUT2D eigenvalue weighted by molar-refractivity contribution is 0.240. The molecule has 126 valence electrons. The second-order valence-corrected chi connectivity index (χ2v) is 7.49. The summed E-state index contributed by atoms with van der Waals surface area (Å²) in [5, 5.41) is 9.33. The summed E-state index contributed by atoms with van der Waals surface area (Å²) in [5.74, 6) is 1.46. The van der Waals surface area contributed by atoms with E-state index in [2.05, 4.69) is 32.5 Å². The van der Waals surface area contributed by atoms with Gasteiger partial charge in [-0.25, -0.2) is 9.97 Å². The Labute approximate surface area is 145 Å². The Bertz CT molecular complexity index is 753. The summed E-state index contributed by atoms with van der Waals surface area (Å²) in [4.78, 5) is 13.5. The molecule has 0 atom stereocenters. The fourth-order valence-corrected chi connectivity index (χ4v) is 3.18. The smallest absolute Gasteiger partial charge is 0.222 e. The molecule has 6 nitrogen and oxygen atoms in total. The van der Waals surface area contributed by atoms with Crippen molar-refractivity contribution >= 4 is 22.4 Å². The van der Waals surface area contributed by atoms with Crippen molar-refractivity contribution in [3.63, 3.8) is 0 Å². The fourth-order valence-electron chi connectivity index (χ4n) is 2.47. The lowest BCUT2D eigenvalue weighted by Crippen LogP contribution is -2.35. The predicted octanol–water partition coefficient (Wildman–Crippen LogP) is 3.15. The highest BCUT2D eigenvalue weighted by Gasteiger charge is 2.38. The van der Waals surface area contributed by atoms with Gasteiger partial charge in [0.25, 0.3) is 0 Å². The number of hydrogen-bond donors (Lipinski definition) is 2. The first-order valence-electron chi connectivity index (χ1n) is 8.31. The molecular formula is C17H21N5OS. The standard InChI is InChI=1S/C17H21N5OS/c1-17(5-6-17)11-23-14-12(4-2-7-18-14)13-10-24-16(21-13)22-15-19-8-3-9-20-15/h2,4,7,10H,3,5-6,8-9,11H2,1H3,(H2,19,20,21,22). The number of nitrogens with one attached hydrogen (secondary N) is 2. The van der Waals surface area contributed by atoms with Crippen LogP contribution < -0.4 is 15.4 Å². The van der Waals surface area contributed by atoms with Gasteiger partial charge in [-0.15, -0.1) is 11.3 Å². The first-order valence-corrected chi connectivity index (χ1v) is 9.19. The molecule has 0 saturated heterocycles. The van der Waals surface area contributed by atoms with Gasteiger partial charge in [0, 0.05) is 30.1 Å². The van der Waals surface area contributed by atoms with Crippen LogP contribution in [0.15, 0.2) is 28.7 Å². The molecule has 4 rings (SSSR count). The van der Waals surface area contributed by atoms with Crippen LogP contribution in [0.25, 0.3) is 11.3 Å². The van der Waals surface area contributed by atoms with Gasteiger partial charge >= 0.3 is 0 Å². The Hall–Kier alpha value is -2.15. The molecule has 0 amide bonds. The average molecular weight is 343 g/mol. The quantitative estimate of drug-likeness (QED) is 0.873. The summed E-state index contributed by atoms with van der Waals surface area (Å²) in [6, 6.07) is 3.92. The monoisotopic (exact) mass is 343 g/mol. The van der Waals surface area contributed by atoms with Gasteiger partial charge in [-0.05, 0) is 31.4 Å². The highest BCUT2D eigenvalue weighted by Crippen LogP contribution is 2.45. The molecular weight excluding hydrogens is 322 g/mol. The molecule has 1 fully saturated rings. The molecule has 0 bridgehead atoms. The Kier molecular flexibility index (Phi) is 4.10. The van der Waals surface area contributed by atoms with E-state index in [0.29, 0.717) is 17.9 Å². The van der Waals surface area contributed by atoms with Crippen LogP contribution in [0.5, 0.6) is 5.88 Å². The van der Waals surface area contributed by atoms with Crippen molar-refractivity contribution in [3.8, 4) is 17.1 Å². The van der Waals surface area contributed by atoms with E-state index in [4.69, 9.17) is 4.74 Å². The normalized spacial score (nSPS) is 18.5. The number of rotatable bonds is 5. The zero-order valence-electron chi connectivity index (χ0n) is 13.7. The Morgan fingerprint density at radius 3 is 3.12 bits per heavy atom. The van der Waals surface area contributed by atoms with E-state index in [0.717, 1.165) is 41.9 Å². The van der Waals surface area contributed by atoms with Gasteiger partial charge in [-0.1, -0.05) is 6.92 Å². The highest BCUT2D eigenvalue weighted by molar-refractivity contribution is 7.14. The summed E-state index contributed by atoms with van der Waals surface area (Å²) >= 11 is 1.56. The van der Waals surface area contributed by atoms with E-state index in [9.17, 15) is 0 Å². The number of nitrogens with zero attached hydrogens (tertiary/aromatic N) is 3. The number of ether oxygens (including phenoxy) is 1. The van der Waals surface area contributed by atoms with Crippen molar-refractivity contribution in [2.75, 3.05) is 25.0 Å². The largest absolute Gasteiger partial charge is 0.477 e. The topological polar surface area (TPSA) is 71.4 Å². The molecule has 1 saturated carbocycles. The van der Waals surface area contributed by atoms with Crippen molar-refractivity contribution in [3.05, 3.63) is 23.7 Å². The van der Waals surface area contributed by atoms with Crippen LogP contribution in [-0.4, -0.2) is 35.6 Å². The Morgan fingerprint density at radius 2 is 2.33 bits per heavy atom. The van der Waals surface area contributed by atoms with E-state index in [1.807, 2.05) is 17.5 Å². The zero-order chi connectivity index (χ0) is 16.4. The molecule has 2 aliphatic rings. The van der Waals surface area contributed by atoms with Gasteiger partial charge in [-0.2, -0.15) is 0 Å². The second kappa shape index (κ2) is 6.39. The molecule has 0 unspecified atom stereocenters. The van der Waals surface area contributed by atoms with Crippen LogP contribution in [0.1, 0.15) is 26.2 Å². The van der Waals surface area contributed by atoms with Crippen molar-refractivity contribution < 1.29 is 4.74 Å². The molecule has 2 aromatic rings. The fraction of sp³-hybridized carbons (Fsp3) is 0.471. The van der Waals surface area contributed by atoms with Gasteiger partial charge in [-0.3, -0.25) is 4.99 Å². The molecule has 2 N–H and O–H groups in total. The molecule has 3 heterocycles. The van der Waals surface area contributed by atoms with Crippen molar-refractivity contribution in [2.45, 2.75) is 26.2 Å². The maximum absolute atomic E-state index is 5.97. The summed E-state index contributed by atoms with van der Waals surface area (Å²) in [5.41, 5.74) is 2.14. The van der Waals surface area contributed by atoms with Gasteiger partial charge < -0.3 is 15.4 Å². The SMILES string of the molecule is CC1(COc2ncccc2-c2csc(NC3=NCCCN3)n2)CC1. The number of aliphatic imine (C=N–C) groups is 1. The van der Waals surface area contributed by atoms with E-state index < -0.39 is 0 Å². The van der Waals surface area contributed by atoms with Crippen LogP contribution in [0.4, 0.5) is 5.13 Å². The summed E-state index contributed by atoms with van der Waals surface area (Å²) in [7, 11) is 0. The third kappa shape index (κ3) is 3.51. The number of aromatic nitrogens is 2. The molecule has 1 aliphatic heterocycles. The number of guanidine groups is 1. The Balaban J connectivity index is 1.50. The highest BCUT2D eigenvalue weighted by atomic mass is 32.1. The number of hydrogen-bond acceptors (Lipinski definition) is 7. The lowest BCUT2D eigenvalue weighted by atomic mass is 10.2. The average Bonchev–Trinajstić information content (AvgIpc) is 3.17. The molecule has 7 heteroatoms. The van der Waals surface area contributed by atoms with Crippen LogP contribution in [0.3, 0.4) is 0 Å². The second-order valence-electron chi connectivity index (χ2n) is 6.63. The minimum absolute atomic E-state index is 0.328. The zero-order valence-corrected chi connectivity index (χ0v) is 14.5.